The maximum atomic E-state index is 13.8. The Labute approximate surface area is 244 Å². The van der Waals surface area contributed by atoms with Crippen molar-refractivity contribution in [2.45, 2.75) is 63.6 Å². The van der Waals surface area contributed by atoms with Gasteiger partial charge in [-0.15, -0.1) is 0 Å². The summed E-state index contributed by atoms with van der Waals surface area (Å²) in [5.41, 5.74) is 2.09. The standard InChI is InChI=1S/C33H36N4O5/c38-29-12-6-10-23(29)16-26(30(39)32(41)34-18-20-7-2-1-3-8-20)36-31(40)28-17-24(21-13-14-21)19-37(28)33(42)27-15-22-9-4-5-11-25(22)35-27/h1-5,7-9,11,15,21,23-24,26,28,35H,6,10,12-14,16-19H2,(H,34,41)(H,36,40)/t23-,24+,26?,28-/m0/s1. The van der Waals surface area contributed by atoms with Gasteiger partial charge in [0, 0.05) is 36.3 Å². The van der Waals surface area contributed by atoms with Crippen LogP contribution in [0.1, 0.15) is 61.0 Å². The molecule has 1 aromatic heterocycles. The van der Waals surface area contributed by atoms with Gasteiger partial charge in [0.1, 0.15) is 17.5 Å². The number of para-hydroxylation sites is 1. The number of carbonyl (C=O) groups is 5. The fourth-order valence-electron chi connectivity index (χ4n) is 6.54. The number of fused-ring (bicyclic) bond motifs is 1. The molecule has 6 rings (SSSR count). The molecule has 2 heterocycles. The highest BCUT2D eigenvalue weighted by Gasteiger charge is 2.46. The van der Waals surface area contributed by atoms with Crippen LogP contribution >= 0.6 is 0 Å². The largest absolute Gasteiger partial charge is 0.351 e. The van der Waals surface area contributed by atoms with Gasteiger partial charge in [0.25, 0.3) is 11.8 Å². The molecule has 9 heteroatoms. The number of aromatic nitrogens is 1. The van der Waals surface area contributed by atoms with Crippen LogP contribution in [0.5, 0.6) is 0 Å². The Morgan fingerprint density at radius 1 is 0.952 bits per heavy atom. The second kappa shape index (κ2) is 11.9. The molecule has 2 saturated carbocycles. The maximum Gasteiger partial charge on any atom is 0.289 e. The fourth-order valence-corrected chi connectivity index (χ4v) is 6.54. The Morgan fingerprint density at radius 2 is 1.71 bits per heavy atom. The lowest BCUT2D eigenvalue weighted by Gasteiger charge is -2.26. The molecule has 3 aliphatic rings. The number of likely N-dealkylation sites (tertiary alicyclic amines) is 1. The minimum absolute atomic E-state index is 0.0528. The number of hydrogen-bond donors (Lipinski definition) is 3. The van der Waals surface area contributed by atoms with Crippen LogP contribution in [0.2, 0.25) is 0 Å². The van der Waals surface area contributed by atoms with Crippen LogP contribution in [0.25, 0.3) is 10.9 Å². The first-order valence-electron chi connectivity index (χ1n) is 14.9. The summed E-state index contributed by atoms with van der Waals surface area (Å²) in [4.78, 5) is 71.2. The monoisotopic (exact) mass is 568 g/mol. The molecule has 3 fully saturated rings. The van der Waals surface area contributed by atoms with Gasteiger partial charge in [0.15, 0.2) is 0 Å². The molecule has 0 radical (unpaired) electrons. The van der Waals surface area contributed by atoms with Crippen LogP contribution < -0.4 is 10.6 Å². The summed E-state index contributed by atoms with van der Waals surface area (Å²) in [5.74, 6) is -1.93. The quantitative estimate of drug-likeness (QED) is 0.323. The zero-order valence-corrected chi connectivity index (χ0v) is 23.5. The van der Waals surface area contributed by atoms with E-state index in [0.29, 0.717) is 37.4 Å². The average molecular weight is 569 g/mol. The molecule has 1 unspecified atom stereocenters. The summed E-state index contributed by atoms with van der Waals surface area (Å²) in [7, 11) is 0. The van der Waals surface area contributed by atoms with Gasteiger partial charge in [-0.25, -0.2) is 0 Å². The second-order valence-corrected chi connectivity index (χ2v) is 12.0. The van der Waals surface area contributed by atoms with Crippen molar-refractivity contribution < 1.29 is 24.0 Å². The minimum atomic E-state index is -1.15. The Morgan fingerprint density at radius 3 is 2.43 bits per heavy atom. The van der Waals surface area contributed by atoms with Gasteiger partial charge in [0.05, 0.1) is 6.04 Å². The van der Waals surface area contributed by atoms with Crippen LogP contribution in [-0.4, -0.2) is 57.8 Å². The van der Waals surface area contributed by atoms with E-state index in [1.165, 1.54) is 0 Å². The van der Waals surface area contributed by atoms with E-state index >= 15 is 0 Å². The van der Waals surface area contributed by atoms with E-state index in [0.717, 1.165) is 35.7 Å². The molecule has 218 valence electrons. The first-order chi connectivity index (χ1) is 20.4. The molecule has 1 aliphatic heterocycles. The Balaban J connectivity index is 1.20. The Kier molecular flexibility index (Phi) is 7.91. The van der Waals surface area contributed by atoms with Crippen LogP contribution in [0.4, 0.5) is 0 Å². The minimum Gasteiger partial charge on any atom is -0.351 e. The normalized spacial score (nSPS) is 22.7. The third-order valence-corrected chi connectivity index (χ3v) is 9.05. The van der Waals surface area contributed by atoms with Gasteiger partial charge < -0.3 is 20.5 Å². The fraction of sp³-hybridized carbons (Fsp3) is 0.424. The average Bonchev–Trinajstić information content (AvgIpc) is 3.41. The predicted octanol–water partition coefficient (Wildman–Crippen LogP) is 3.54. The van der Waals surface area contributed by atoms with E-state index in [9.17, 15) is 24.0 Å². The highest BCUT2D eigenvalue weighted by atomic mass is 16.2. The Bertz CT molecular complexity index is 1480. The van der Waals surface area contributed by atoms with E-state index in [1.807, 2.05) is 54.6 Å². The molecule has 2 aliphatic carbocycles. The van der Waals surface area contributed by atoms with E-state index < -0.39 is 29.7 Å². The first kappa shape index (κ1) is 27.9. The summed E-state index contributed by atoms with van der Waals surface area (Å²) in [5, 5.41) is 6.39. The molecule has 4 atom stereocenters. The third kappa shape index (κ3) is 6.00. The molecule has 3 aromatic rings. The summed E-state index contributed by atoms with van der Waals surface area (Å²) >= 11 is 0. The molecule has 3 amide bonds. The van der Waals surface area contributed by atoms with Gasteiger partial charge in [-0.05, 0) is 68.1 Å². The summed E-state index contributed by atoms with van der Waals surface area (Å²) in [6.07, 6.45) is 4.56. The van der Waals surface area contributed by atoms with E-state index in [2.05, 4.69) is 15.6 Å². The lowest BCUT2D eigenvalue weighted by atomic mass is 9.94. The summed E-state index contributed by atoms with van der Waals surface area (Å²) < 4.78 is 0. The molecule has 1 saturated heterocycles. The highest BCUT2D eigenvalue weighted by molar-refractivity contribution is 6.38. The lowest BCUT2D eigenvalue weighted by Crippen LogP contribution is -2.54. The van der Waals surface area contributed by atoms with Crippen molar-refractivity contribution in [1.82, 2.24) is 20.5 Å². The highest BCUT2D eigenvalue weighted by Crippen LogP contribution is 2.43. The number of hydrogen-bond acceptors (Lipinski definition) is 5. The van der Waals surface area contributed by atoms with Crippen molar-refractivity contribution >= 4 is 40.2 Å². The second-order valence-electron chi connectivity index (χ2n) is 12.0. The number of aromatic amines is 1. The van der Waals surface area contributed by atoms with E-state index in [-0.39, 0.29) is 36.5 Å². The number of H-pyrrole nitrogens is 1. The van der Waals surface area contributed by atoms with Crippen LogP contribution in [0.3, 0.4) is 0 Å². The number of amides is 3. The molecular weight excluding hydrogens is 532 g/mol. The smallest absolute Gasteiger partial charge is 0.289 e. The SMILES string of the molecule is O=C(NCc1ccccc1)C(=O)C(C[C@@H]1CCCC1=O)NC(=O)[C@@H]1C[C@@H](C2CC2)CN1C(=O)c1cc2ccccc2[nH]1. The van der Waals surface area contributed by atoms with Crippen molar-refractivity contribution in [3.05, 3.63) is 71.9 Å². The molecule has 0 bridgehead atoms. The topological polar surface area (TPSA) is 128 Å². The molecule has 9 nitrogen and oxygen atoms in total. The van der Waals surface area contributed by atoms with E-state index in [1.54, 1.807) is 11.0 Å². The number of benzene rings is 2. The van der Waals surface area contributed by atoms with Crippen molar-refractivity contribution in [3.63, 3.8) is 0 Å². The number of rotatable bonds is 10. The van der Waals surface area contributed by atoms with Crippen molar-refractivity contribution in [3.8, 4) is 0 Å². The van der Waals surface area contributed by atoms with Gasteiger partial charge in [-0.1, -0.05) is 48.5 Å². The third-order valence-electron chi connectivity index (χ3n) is 9.05. The van der Waals surface area contributed by atoms with Crippen LogP contribution in [0.15, 0.2) is 60.7 Å². The Hall–Kier alpha value is -4.27. The number of ketones is 2. The molecule has 0 spiro atoms. The number of carbonyl (C=O) groups excluding carboxylic acids is 5. The van der Waals surface area contributed by atoms with Crippen molar-refractivity contribution in [1.29, 1.82) is 0 Å². The maximum absolute atomic E-state index is 13.8. The first-order valence-corrected chi connectivity index (χ1v) is 14.9. The van der Waals surface area contributed by atoms with Gasteiger partial charge in [-0.2, -0.15) is 0 Å². The van der Waals surface area contributed by atoms with Crippen molar-refractivity contribution in [2.75, 3.05) is 6.54 Å². The van der Waals surface area contributed by atoms with Crippen molar-refractivity contribution in [2.24, 2.45) is 17.8 Å². The zero-order chi connectivity index (χ0) is 29.2. The number of Topliss-reactive ketones (excluding diaryl/α,β-unsaturated/α-hetero) is 2. The van der Waals surface area contributed by atoms with Crippen LogP contribution in [0, 0.1) is 17.8 Å². The summed E-state index contributed by atoms with van der Waals surface area (Å²) in [6.45, 7) is 0.640. The van der Waals surface area contributed by atoms with E-state index in [4.69, 9.17) is 0 Å². The van der Waals surface area contributed by atoms with Gasteiger partial charge >= 0.3 is 0 Å². The lowest BCUT2D eigenvalue weighted by molar-refractivity contribution is -0.141. The predicted molar refractivity (Wildman–Crippen MR) is 156 cm³/mol. The molecule has 2 aromatic carbocycles. The molecule has 42 heavy (non-hydrogen) atoms. The summed E-state index contributed by atoms with van der Waals surface area (Å²) in [6, 6.07) is 16.7. The molecular formula is C33H36N4O5. The number of nitrogens with zero attached hydrogens (tertiary/aromatic N) is 1. The number of nitrogens with one attached hydrogen (secondary N) is 3. The van der Waals surface area contributed by atoms with Gasteiger partial charge in [-0.3, -0.25) is 24.0 Å². The van der Waals surface area contributed by atoms with Gasteiger partial charge in [0.2, 0.25) is 11.7 Å². The van der Waals surface area contributed by atoms with Crippen LogP contribution in [-0.2, 0) is 25.7 Å². The molecule has 3 N–H and O–H groups in total. The zero-order valence-electron chi connectivity index (χ0n) is 23.5.